The van der Waals surface area contributed by atoms with E-state index in [4.69, 9.17) is 9.47 Å². The second kappa shape index (κ2) is 12.0. The summed E-state index contributed by atoms with van der Waals surface area (Å²) >= 11 is 0. The number of rotatable bonds is 10. The van der Waals surface area contributed by atoms with Crippen molar-refractivity contribution >= 4 is 17.4 Å². The molecular formula is C31H34N2O6. The van der Waals surface area contributed by atoms with Gasteiger partial charge in [-0.05, 0) is 75.5 Å². The van der Waals surface area contributed by atoms with Crippen molar-refractivity contribution in [3.63, 3.8) is 0 Å². The number of ether oxygens (including phenoxy) is 2. The number of aromatic hydroxyl groups is 1. The Labute approximate surface area is 228 Å². The second-order valence-corrected chi connectivity index (χ2v) is 9.76. The lowest BCUT2D eigenvalue weighted by molar-refractivity contribution is -0.140. The first-order valence-electron chi connectivity index (χ1n) is 12.9. The monoisotopic (exact) mass is 530 g/mol. The molecule has 1 aliphatic rings. The van der Waals surface area contributed by atoms with E-state index in [1.807, 2.05) is 44.1 Å². The number of nitrogens with zero attached hydrogens (tertiary/aromatic N) is 2. The Morgan fingerprint density at radius 2 is 1.74 bits per heavy atom. The predicted octanol–water partition coefficient (Wildman–Crippen LogP) is 4.66. The molecule has 39 heavy (non-hydrogen) atoms. The summed E-state index contributed by atoms with van der Waals surface area (Å²) in [6.45, 7) is 5.34. The first kappa shape index (κ1) is 27.7. The Morgan fingerprint density at radius 1 is 1.00 bits per heavy atom. The minimum atomic E-state index is -0.845. The highest BCUT2D eigenvalue weighted by molar-refractivity contribution is 6.46. The van der Waals surface area contributed by atoms with E-state index in [-0.39, 0.29) is 29.4 Å². The van der Waals surface area contributed by atoms with Crippen molar-refractivity contribution in [2.45, 2.75) is 26.5 Å². The molecule has 1 saturated heterocycles. The highest BCUT2D eigenvalue weighted by atomic mass is 16.5. The van der Waals surface area contributed by atoms with E-state index in [2.05, 4.69) is 6.07 Å². The topological polar surface area (TPSA) is 99.5 Å². The lowest BCUT2D eigenvalue weighted by Crippen LogP contribution is -2.35. The number of aliphatic hydroxyl groups excluding tert-OH is 1. The van der Waals surface area contributed by atoms with Gasteiger partial charge >= 0.3 is 0 Å². The molecule has 1 atom stereocenters. The third kappa shape index (κ3) is 6.23. The van der Waals surface area contributed by atoms with Gasteiger partial charge in [-0.3, -0.25) is 9.59 Å². The van der Waals surface area contributed by atoms with Gasteiger partial charge in [0.15, 0.2) is 11.5 Å². The van der Waals surface area contributed by atoms with E-state index in [1.54, 1.807) is 43.3 Å². The molecule has 204 valence electrons. The quantitative estimate of drug-likeness (QED) is 0.223. The molecular weight excluding hydrogens is 496 g/mol. The summed E-state index contributed by atoms with van der Waals surface area (Å²) in [4.78, 5) is 29.8. The van der Waals surface area contributed by atoms with Gasteiger partial charge in [0.1, 0.15) is 18.1 Å². The fraction of sp³-hybridized carbons (Fsp3) is 0.290. The number of aryl methyl sites for hydroxylation is 1. The zero-order valence-electron chi connectivity index (χ0n) is 22.7. The Hall–Kier alpha value is -4.30. The van der Waals surface area contributed by atoms with Crippen molar-refractivity contribution in [2.24, 2.45) is 0 Å². The number of hydrogen-bond acceptors (Lipinski definition) is 7. The van der Waals surface area contributed by atoms with E-state index < -0.39 is 17.7 Å². The van der Waals surface area contributed by atoms with Gasteiger partial charge in [0.05, 0.1) is 18.2 Å². The van der Waals surface area contributed by atoms with Gasteiger partial charge in [-0.15, -0.1) is 0 Å². The number of amides is 1. The summed E-state index contributed by atoms with van der Waals surface area (Å²) in [6.07, 6.45) is 0. The van der Waals surface area contributed by atoms with Gasteiger partial charge in [-0.1, -0.05) is 35.9 Å². The molecule has 1 amide bonds. The van der Waals surface area contributed by atoms with E-state index in [0.717, 1.165) is 11.1 Å². The lowest BCUT2D eigenvalue weighted by Gasteiger charge is -2.27. The molecule has 0 saturated carbocycles. The number of carbonyl (C=O) groups is 2. The van der Waals surface area contributed by atoms with Crippen LogP contribution in [-0.2, 0) is 16.2 Å². The van der Waals surface area contributed by atoms with Crippen LogP contribution in [0.3, 0.4) is 0 Å². The maximum absolute atomic E-state index is 13.3. The third-order valence-electron chi connectivity index (χ3n) is 6.54. The Morgan fingerprint density at radius 3 is 2.41 bits per heavy atom. The number of Topliss-reactive ketones (excluding diaryl/α,β-unsaturated/α-hetero) is 1. The molecule has 4 rings (SSSR count). The molecule has 0 unspecified atom stereocenters. The number of benzene rings is 3. The van der Waals surface area contributed by atoms with Crippen LogP contribution < -0.4 is 9.47 Å². The molecule has 0 radical (unpaired) electrons. The minimum absolute atomic E-state index is 0.0136. The highest BCUT2D eigenvalue weighted by Gasteiger charge is 2.46. The fourth-order valence-corrected chi connectivity index (χ4v) is 4.57. The zero-order valence-corrected chi connectivity index (χ0v) is 22.7. The highest BCUT2D eigenvalue weighted by Crippen LogP contribution is 2.41. The number of aliphatic hydroxyl groups is 1. The van der Waals surface area contributed by atoms with Gasteiger partial charge in [0.25, 0.3) is 11.7 Å². The van der Waals surface area contributed by atoms with Gasteiger partial charge in [-0.25, -0.2) is 0 Å². The van der Waals surface area contributed by atoms with Gasteiger partial charge in [-0.2, -0.15) is 0 Å². The first-order chi connectivity index (χ1) is 18.7. The summed E-state index contributed by atoms with van der Waals surface area (Å²) in [6, 6.07) is 18.7. The molecule has 8 nitrogen and oxygen atoms in total. The van der Waals surface area contributed by atoms with E-state index in [1.165, 1.54) is 11.0 Å². The average molecular weight is 531 g/mol. The molecule has 0 aliphatic carbocycles. The van der Waals surface area contributed by atoms with Crippen molar-refractivity contribution in [2.75, 3.05) is 33.8 Å². The van der Waals surface area contributed by atoms with Crippen LogP contribution in [-0.4, -0.2) is 65.5 Å². The van der Waals surface area contributed by atoms with Crippen LogP contribution in [0.15, 0.2) is 72.3 Å². The van der Waals surface area contributed by atoms with E-state index in [0.29, 0.717) is 36.6 Å². The molecule has 0 aromatic heterocycles. The predicted molar refractivity (Wildman–Crippen MR) is 149 cm³/mol. The second-order valence-electron chi connectivity index (χ2n) is 9.76. The van der Waals surface area contributed by atoms with Gasteiger partial charge in [0, 0.05) is 18.7 Å². The van der Waals surface area contributed by atoms with Crippen LogP contribution in [0.2, 0.25) is 0 Å². The minimum Gasteiger partial charge on any atom is -0.507 e. The molecule has 1 heterocycles. The maximum Gasteiger partial charge on any atom is 0.295 e. The van der Waals surface area contributed by atoms with Gasteiger partial charge in [0.2, 0.25) is 0 Å². The van der Waals surface area contributed by atoms with Crippen LogP contribution in [0.5, 0.6) is 17.2 Å². The van der Waals surface area contributed by atoms with Crippen LogP contribution in [0.4, 0.5) is 0 Å². The summed E-state index contributed by atoms with van der Waals surface area (Å²) < 4.78 is 11.4. The van der Waals surface area contributed by atoms with Crippen molar-refractivity contribution in [1.82, 2.24) is 9.80 Å². The average Bonchev–Trinajstić information content (AvgIpc) is 3.17. The van der Waals surface area contributed by atoms with Crippen LogP contribution in [0.25, 0.3) is 5.76 Å². The molecule has 2 N–H and O–H groups in total. The molecule has 3 aromatic carbocycles. The number of hydrogen-bond donors (Lipinski definition) is 2. The number of phenols is 1. The standard InChI is InChI=1S/C31H34N2O6/c1-5-38-26-18-23(11-14-25(26)34)28-27(30(36)31(37)33(28)16-15-32(3)4)29(35)22-9-12-24(13-10-22)39-19-21-8-6-7-20(2)17-21/h6-14,17-18,28,34-35H,5,15-16,19H2,1-4H3/b29-27+/t28-/m0/s1. The van der Waals surface area contributed by atoms with Crippen molar-refractivity contribution < 1.29 is 29.3 Å². The molecule has 8 heteroatoms. The number of ketones is 1. The van der Waals surface area contributed by atoms with Crippen molar-refractivity contribution in [3.8, 4) is 17.2 Å². The summed E-state index contributed by atoms with van der Waals surface area (Å²) in [7, 11) is 3.75. The largest absolute Gasteiger partial charge is 0.507 e. The summed E-state index contributed by atoms with van der Waals surface area (Å²) in [5.41, 5.74) is 3.11. The Bertz CT molecular complexity index is 1380. The van der Waals surface area contributed by atoms with Crippen molar-refractivity contribution in [3.05, 3.63) is 94.6 Å². The number of likely N-dealkylation sites (tertiary alicyclic amines) is 1. The number of phenolic OH excluding ortho intramolecular Hbond substituents is 1. The SMILES string of the molecule is CCOc1cc([C@H]2/C(=C(\O)c3ccc(OCc4cccc(C)c4)cc3)C(=O)C(=O)N2CCN(C)C)ccc1O. The van der Waals surface area contributed by atoms with Gasteiger partial charge < -0.3 is 29.5 Å². The fourth-order valence-electron chi connectivity index (χ4n) is 4.57. The van der Waals surface area contributed by atoms with E-state index in [9.17, 15) is 19.8 Å². The lowest BCUT2D eigenvalue weighted by atomic mass is 9.95. The first-order valence-corrected chi connectivity index (χ1v) is 12.9. The van der Waals surface area contributed by atoms with Crippen LogP contribution in [0.1, 0.15) is 35.2 Å². The third-order valence-corrected chi connectivity index (χ3v) is 6.54. The van der Waals surface area contributed by atoms with Crippen LogP contribution in [0, 0.1) is 6.92 Å². The molecule has 1 aliphatic heterocycles. The molecule has 3 aromatic rings. The zero-order chi connectivity index (χ0) is 28.1. The summed E-state index contributed by atoms with van der Waals surface area (Å²) in [5, 5.41) is 21.6. The maximum atomic E-state index is 13.3. The van der Waals surface area contributed by atoms with E-state index >= 15 is 0 Å². The molecule has 0 spiro atoms. The Kier molecular flexibility index (Phi) is 8.56. The number of carbonyl (C=O) groups excluding carboxylic acids is 2. The summed E-state index contributed by atoms with van der Waals surface area (Å²) in [5.74, 6) is -0.928. The van der Waals surface area contributed by atoms with Crippen molar-refractivity contribution in [1.29, 1.82) is 0 Å². The smallest absolute Gasteiger partial charge is 0.295 e. The molecule has 1 fully saturated rings. The van der Waals surface area contributed by atoms with Crippen LogP contribution >= 0.6 is 0 Å². The number of likely N-dealkylation sites (N-methyl/N-ethyl adjacent to an activating group) is 1. The molecule has 0 bridgehead atoms. The normalized spacial score (nSPS) is 16.6. The Balaban J connectivity index is 1.68.